The van der Waals surface area contributed by atoms with Crippen LogP contribution in [0.5, 0.6) is 0 Å². The molecule has 1 saturated carbocycles. The van der Waals surface area contributed by atoms with Crippen LogP contribution in [0.1, 0.15) is 32.6 Å². The predicted molar refractivity (Wildman–Crippen MR) is 89.1 cm³/mol. The first kappa shape index (κ1) is 16.6. The fourth-order valence-corrected chi connectivity index (χ4v) is 3.43. The Labute approximate surface area is 136 Å². The SMILES string of the molecule is CC1CCCC(CNCC(=O)Nc2c(Cl)cccc2Cl)C1. The summed E-state index contributed by atoms with van der Waals surface area (Å²) < 4.78 is 0. The lowest BCUT2D eigenvalue weighted by Gasteiger charge is -2.26. The summed E-state index contributed by atoms with van der Waals surface area (Å²) >= 11 is 12.1. The Bertz CT molecular complexity index is 473. The molecule has 0 aromatic heterocycles. The van der Waals surface area contributed by atoms with Crippen LogP contribution in [0, 0.1) is 11.8 Å². The minimum Gasteiger partial charge on any atom is -0.322 e. The third-order valence-corrected chi connectivity index (χ3v) is 4.62. The summed E-state index contributed by atoms with van der Waals surface area (Å²) in [7, 11) is 0. The molecule has 21 heavy (non-hydrogen) atoms. The first-order chi connectivity index (χ1) is 10.1. The van der Waals surface area contributed by atoms with E-state index in [4.69, 9.17) is 23.2 Å². The zero-order valence-electron chi connectivity index (χ0n) is 12.3. The smallest absolute Gasteiger partial charge is 0.238 e. The highest BCUT2D eigenvalue weighted by atomic mass is 35.5. The van der Waals surface area contributed by atoms with Crippen LogP contribution < -0.4 is 10.6 Å². The third-order valence-electron chi connectivity index (χ3n) is 3.99. The molecule has 1 fully saturated rings. The molecule has 2 atom stereocenters. The highest BCUT2D eigenvalue weighted by molar-refractivity contribution is 6.39. The van der Waals surface area contributed by atoms with Crippen LogP contribution >= 0.6 is 23.2 Å². The Morgan fingerprint density at radius 3 is 2.67 bits per heavy atom. The average Bonchev–Trinajstić information content (AvgIpc) is 2.43. The molecule has 0 spiro atoms. The van der Waals surface area contributed by atoms with Gasteiger partial charge in [-0.2, -0.15) is 0 Å². The van der Waals surface area contributed by atoms with Crippen molar-refractivity contribution in [2.45, 2.75) is 32.6 Å². The van der Waals surface area contributed by atoms with Crippen LogP contribution in [-0.2, 0) is 4.79 Å². The van der Waals surface area contributed by atoms with E-state index in [-0.39, 0.29) is 12.5 Å². The maximum Gasteiger partial charge on any atom is 0.238 e. The van der Waals surface area contributed by atoms with Gasteiger partial charge in [0.2, 0.25) is 5.91 Å². The van der Waals surface area contributed by atoms with Gasteiger partial charge >= 0.3 is 0 Å². The number of hydrogen-bond acceptors (Lipinski definition) is 2. The van der Waals surface area contributed by atoms with Gasteiger partial charge in [0.25, 0.3) is 0 Å². The summed E-state index contributed by atoms with van der Waals surface area (Å²) in [5, 5.41) is 6.91. The summed E-state index contributed by atoms with van der Waals surface area (Å²) in [6.45, 7) is 3.48. The number of nitrogens with one attached hydrogen (secondary N) is 2. The van der Waals surface area contributed by atoms with Gasteiger partial charge in [0.05, 0.1) is 22.3 Å². The fraction of sp³-hybridized carbons (Fsp3) is 0.562. The number of rotatable bonds is 5. The number of carbonyl (C=O) groups excluding carboxylic acids is 1. The largest absolute Gasteiger partial charge is 0.322 e. The van der Waals surface area contributed by atoms with Crippen molar-refractivity contribution in [3.05, 3.63) is 28.2 Å². The topological polar surface area (TPSA) is 41.1 Å². The van der Waals surface area contributed by atoms with Crippen LogP contribution in [0.25, 0.3) is 0 Å². The molecule has 1 aromatic rings. The molecule has 1 aliphatic rings. The Hall–Kier alpha value is -0.770. The normalized spacial score (nSPS) is 22.0. The van der Waals surface area contributed by atoms with Crippen LogP contribution in [0.4, 0.5) is 5.69 Å². The first-order valence-electron chi connectivity index (χ1n) is 7.51. The zero-order chi connectivity index (χ0) is 15.2. The second-order valence-electron chi connectivity index (χ2n) is 5.91. The average molecular weight is 329 g/mol. The van der Waals surface area contributed by atoms with Gasteiger partial charge in [-0.15, -0.1) is 0 Å². The molecule has 0 aliphatic heterocycles. The number of benzene rings is 1. The van der Waals surface area contributed by atoms with E-state index in [1.807, 2.05) is 0 Å². The lowest BCUT2D eigenvalue weighted by atomic mass is 9.82. The van der Waals surface area contributed by atoms with Crippen molar-refractivity contribution >= 4 is 34.8 Å². The number of carbonyl (C=O) groups is 1. The molecule has 1 aliphatic carbocycles. The molecule has 0 radical (unpaired) electrons. The molecule has 116 valence electrons. The van der Waals surface area contributed by atoms with E-state index in [0.717, 1.165) is 12.5 Å². The Morgan fingerprint density at radius 1 is 1.29 bits per heavy atom. The number of anilines is 1. The van der Waals surface area contributed by atoms with Gasteiger partial charge in [0.15, 0.2) is 0 Å². The summed E-state index contributed by atoms with van der Waals surface area (Å²) in [4.78, 5) is 11.9. The highest BCUT2D eigenvalue weighted by Crippen LogP contribution is 2.30. The van der Waals surface area contributed by atoms with Crippen molar-refractivity contribution in [1.29, 1.82) is 0 Å². The van der Waals surface area contributed by atoms with E-state index in [2.05, 4.69) is 17.6 Å². The molecular formula is C16H22Cl2N2O. The predicted octanol–water partition coefficient (Wildman–Crippen LogP) is 4.35. The van der Waals surface area contributed by atoms with Crippen LogP contribution in [0.3, 0.4) is 0 Å². The van der Waals surface area contributed by atoms with E-state index in [1.165, 1.54) is 25.7 Å². The van der Waals surface area contributed by atoms with Crippen LogP contribution in [0.2, 0.25) is 10.0 Å². The molecule has 1 amide bonds. The maximum absolute atomic E-state index is 11.9. The van der Waals surface area contributed by atoms with Gasteiger partial charge < -0.3 is 10.6 Å². The number of para-hydroxylation sites is 1. The molecule has 0 saturated heterocycles. The van der Waals surface area contributed by atoms with Crippen molar-refractivity contribution in [3.63, 3.8) is 0 Å². The van der Waals surface area contributed by atoms with Crippen molar-refractivity contribution in [2.75, 3.05) is 18.4 Å². The summed E-state index contributed by atoms with van der Waals surface area (Å²) in [5.74, 6) is 1.38. The second kappa shape index (κ2) is 8.02. The molecule has 1 aromatic carbocycles. The summed E-state index contributed by atoms with van der Waals surface area (Å²) in [5.41, 5.74) is 0.485. The lowest BCUT2D eigenvalue weighted by molar-refractivity contribution is -0.115. The highest BCUT2D eigenvalue weighted by Gasteiger charge is 2.18. The van der Waals surface area contributed by atoms with Crippen LogP contribution in [0.15, 0.2) is 18.2 Å². The van der Waals surface area contributed by atoms with Crippen molar-refractivity contribution in [3.8, 4) is 0 Å². The van der Waals surface area contributed by atoms with Crippen molar-refractivity contribution in [1.82, 2.24) is 5.32 Å². The van der Waals surface area contributed by atoms with Gasteiger partial charge in [-0.25, -0.2) is 0 Å². The van der Waals surface area contributed by atoms with Crippen molar-refractivity contribution < 1.29 is 4.79 Å². The Morgan fingerprint density at radius 2 is 2.00 bits per heavy atom. The van der Waals surface area contributed by atoms with Crippen LogP contribution in [-0.4, -0.2) is 19.0 Å². The lowest BCUT2D eigenvalue weighted by Crippen LogP contribution is -2.33. The molecule has 5 heteroatoms. The second-order valence-corrected chi connectivity index (χ2v) is 6.73. The maximum atomic E-state index is 11.9. The molecule has 3 nitrogen and oxygen atoms in total. The van der Waals surface area contributed by atoms with Gasteiger partial charge in [-0.3, -0.25) is 4.79 Å². The third kappa shape index (κ3) is 5.17. The quantitative estimate of drug-likeness (QED) is 0.843. The Balaban J connectivity index is 1.75. The fourth-order valence-electron chi connectivity index (χ4n) is 2.94. The van der Waals surface area contributed by atoms with E-state index < -0.39 is 0 Å². The minimum absolute atomic E-state index is 0.117. The molecule has 0 bridgehead atoms. The molecular weight excluding hydrogens is 307 g/mol. The van der Waals surface area contributed by atoms with Gasteiger partial charge in [-0.05, 0) is 43.4 Å². The van der Waals surface area contributed by atoms with E-state index >= 15 is 0 Å². The first-order valence-corrected chi connectivity index (χ1v) is 8.26. The standard InChI is InChI=1S/C16H22Cl2N2O/c1-11-4-2-5-12(8-11)9-19-10-15(21)20-16-13(17)6-3-7-14(16)18/h3,6-7,11-12,19H,2,4-5,8-10H2,1H3,(H,20,21). The monoisotopic (exact) mass is 328 g/mol. The number of amides is 1. The zero-order valence-corrected chi connectivity index (χ0v) is 13.8. The summed E-state index contributed by atoms with van der Waals surface area (Å²) in [6, 6.07) is 5.17. The summed E-state index contributed by atoms with van der Waals surface area (Å²) in [6.07, 6.45) is 5.15. The van der Waals surface area contributed by atoms with E-state index in [1.54, 1.807) is 18.2 Å². The minimum atomic E-state index is -0.117. The van der Waals surface area contributed by atoms with Crippen molar-refractivity contribution in [2.24, 2.45) is 11.8 Å². The molecule has 2 rings (SSSR count). The molecule has 2 unspecified atom stereocenters. The molecule has 2 N–H and O–H groups in total. The Kier molecular flexibility index (Phi) is 6.34. The number of hydrogen-bond donors (Lipinski definition) is 2. The number of halogens is 2. The van der Waals surface area contributed by atoms with Gasteiger partial charge in [0, 0.05) is 0 Å². The van der Waals surface area contributed by atoms with E-state index in [0.29, 0.717) is 21.7 Å². The van der Waals surface area contributed by atoms with Gasteiger partial charge in [-0.1, -0.05) is 49.0 Å². The van der Waals surface area contributed by atoms with E-state index in [9.17, 15) is 4.79 Å². The van der Waals surface area contributed by atoms with Gasteiger partial charge in [0.1, 0.15) is 0 Å². The molecule has 0 heterocycles.